The standard InChI is InChI=1S/C22H20ClN3O3S/c23-19-7-2-8-20(16-19)30(28,29)26-14-12-25(13-15-26)21(27)10-9-18-5-1-4-17-6-3-11-24-22(17)18/h1-11,16H,12-15H2/b10-9+. The molecule has 1 saturated heterocycles. The summed E-state index contributed by atoms with van der Waals surface area (Å²) in [5.74, 6) is -0.150. The van der Waals surface area contributed by atoms with E-state index in [4.69, 9.17) is 11.6 Å². The Morgan fingerprint density at radius 2 is 1.73 bits per heavy atom. The van der Waals surface area contributed by atoms with Gasteiger partial charge in [-0.1, -0.05) is 41.9 Å². The molecule has 0 bridgehead atoms. The van der Waals surface area contributed by atoms with E-state index in [0.29, 0.717) is 18.1 Å². The number of hydrogen-bond donors (Lipinski definition) is 0. The van der Waals surface area contributed by atoms with Crippen LogP contribution in [0.3, 0.4) is 0 Å². The Bertz CT molecular complexity index is 1210. The van der Waals surface area contributed by atoms with E-state index in [2.05, 4.69) is 4.98 Å². The molecule has 1 fully saturated rings. The van der Waals surface area contributed by atoms with Gasteiger partial charge in [-0.15, -0.1) is 0 Å². The smallest absolute Gasteiger partial charge is 0.246 e. The molecule has 1 amide bonds. The number of para-hydroxylation sites is 1. The maximum Gasteiger partial charge on any atom is 0.246 e. The Morgan fingerprint density at radius 3 is 2.50 bits per heavy atom. The molecule has 30 heavy (non-hydrogen) atoms. The molecule has 0 radical (unpaired) electrons. The Kier molecular flexibility index (Phi) is 5.85. The second-order valence-corrected chi connectivity index (χ2v) is 9.32. The van der Waals surface area contributed by atoms with Crippen LogP contribution in [0.25, 0.3) is 17.0 Å². The molecule has 0 spiro atoms. The zero-order valence-corrected chi connectivity index (χ0v) is 17.7. The van der Waals surface area contributed by atoms with Crippen molar-refractivity contribution in [2.75, 3.05) is 26.2 Å². The molecule has 4 rings (SSSR count). The second kappa shape index (κ2) is 8.55. The summed E-state index contributed by atoms with van der Waals surface area (Å²) < 4.78 is 27.0. The lowest BCUT2D eigenvalue weighted by Crippen LogP contribution is -2.50. The number of hydrogen-bond acceptors (Lipinski definition) is 4. The van der Waals surface area contributed by atoms with Gasteiger partial charge >= 0.3 is 0 Å². The van der Waals surface area contributed by atoms with Gasteiger partial charge in [0.15, 0.2) is 0 Å². The topological polar surface area (TPSA) is 70.6 Å². The maximum atomic E-state index is 12.8. The van der Waals surface area contributed by atoms with Crippen LogP contribution >= 0.6 is 11.6 Å². The molecule has 2 heterocycles. The number of nitrogens with zero attached hydrogens (tertiary/aromatic N) is 3. The largest absolute Gasteiger partial charge is 0.337 e. The van der Waals surface area contributed by atoms with Crippen molar-refractivity contribution in [1.29, 1.82) is 0 Å². The molecule has 1 aliphatic rings. The average Bonchev–Trinajstić information content (AvgIpc) is 2.77. The molecule has 6 nitrogen and oxygen atoms in total. The Balaban J connectivity index is 1.43. The number of pyridine rings is 1. The fourth-order valence-corrected chi connectivity index (χ4v) is 5.18. The van der Waals surface area contributed by atoms with Gasteiger partial charge in [0, 0.05) is 54.4 Å². The number of amides is 1. The van der Waals surface area contributed by atoms with Gasteiger partial charge in [-0.25, -0.2) is 8.42 Å². The van der Waals surface area contributed by atoms with Gasteiger partial charge in [0.2, 0.25) is 15.9 Å². The van der Waals surface area contributed by atoms with Crippen LogP contribution in [-0.2, 0) is 14.8 Å². The molecule has 3 aromatic rings. The van der Waals surface area contributed by atoms with Crippen molar-refractivity contribution >= 4 is 44.5 Å². The van der Waals surface area contributed by atoms with E-state index in [0.717, 1.165) is 16.5 Å². The lowest BCUT2D eigenvalue weighted by molar-refractivity contribution is -0.127. The minimum absolute atomic E-state index is 0.150. The van der Waals surface area contributed by atoms with Gasteiger partial charge in [0.05, 0.1) is 10.4 Å². The minimum atomic E-state index is -3.63. The van der Waals surface area contributed by atoms with E-state index in [-0.39, 0.29) is 23.9 Å². The lowest BCUT2D eigenvalue weighted by Gasteiger charge is -2.33. The zero-order valence-electron chi connectivity index (χ0n) is 16.1. The van der Waals surface area contributed by atoms with Crippen molar-refractivity contribution < 1.29 is 13.2 Å². The Morgan fingerprint density at radius 1 is 1.00 bits per heavy atom. The highest BCUT2D eigenvalue weighted by Crippen LogP contribution is 2.21. The van der Waals surface area contributed by atoms with Crippen LogP contribution in [0.15, 0.2) is 71.8 Å². The van der Waals surface area contributed by atoms with Gasteiger partial charge in [-0.3, -0.25) is 9.78 Å². The summed E-state index contributed by atoms with van der Waals surface area (Å²) in [4.78, 5) is 18.8. The molecule has 154 valence electrons. The summed E-state index contributed by atoms with van der Waals surface area (Å²) in [5, 5.41) is 1.38. The van der Waals surface area contributed by atoms with E-state index in [1.807, 2.05) is 30.3 Å². The van der Waals surface area contributed by atoms with Gasteiger partial charge in [-0.05, 0) is 30.3 Å². The van der Waals surface area contributed by atoms with E-state index in [1.165, 1.54) is 22.5 Å². The molecular weight excluding hydrogens is 422 g/mol. The first kappa shape index (κ1) is 20.5. The van der Waals surface area contributed by atoms with E-state index in [1.54, 1.807) is 29.3 Å². The number of halogens is 1. The van der Waals surface area contributed by atoms with Crippen LogP contribution < -0.4 is 0 Å². The monoisotopic (exact) mass is 441 g/mol. The third-order valence-corrected chi connectivity index (χ3v) is 7.18. The molecular formula is C22H20ClN3O3S. The number of fused-ring (bicyclic) bond motifs is 1. The molecule has 0 atom stereocenters. The molecule has 0 unspecified atom stereocenters. The van der Waals surface area contributed by atoms with Crippen molar-refractivity contribution in [2.24, 2.45) is 0 Å². The normalized spacial score (nSPS) is 15.7. The van der Waals surface area contributed by atoms with Crippen molar-refractivity contribution in [3.63, 3.8) is 0 Å². The van der Waals surface area contributed by atoms with Crippen LogP contribution in [0.2, 0.25) is 5.02 Å². The van der Waals surface area contributed by atoms with E-state index in [9.17, 15) is 13.2 Å². The first-order valence-corrected chi connectivity index (χ1v) is 11.3. The molecule has 8 heteroatoms. The minimum Gasteiger partial charge on any atom is -0.337 e. The van der Waals surface area contributed by atoms with Crippen molar-refractivity contribution in [1.82, 2.24) is 14.2 Å². The number of carbonyl (C=O) groups excluding carboxylic acids is 1. The predicted molar refractivity (Wildman–Crippen MR) is 118 cm³/mol. The summed E-state index contributed by atoms with van der Waals surface area (Å²) in [6.07, 6.45) is 5.00. The van der Waals surface area contributed by atoms with Crippen LogP contribution in [0.1, 0.15) is 5.56 Å². The van der Waals surface area contributed by atoms with Gasteiger partial charge < -0.3 is 4.90 Å². The van der Waals surface area contributed by atoms with Gasteiger partial charge in [-0.2, -0.15) is 4.31 Å². The first-order valence-electron chi connectivity index (χ1n) is 9.51. The van der Waals surface area contributed by atoms with Crippen molar-refractivity contribution in [2.45, 2.75) is 4.90 Å². The number of aromatic nitrogens is 1. The van der Waals surface area contributed by atoms with Crippen molar-refractivity contribution in [3.05, 3.63) is 77.5 Å². The van der Waals surface area contributed by atoms with Crippen LogP contribution in [0, 0.1) is 0 Å². The molecule has 0 N–H and O–H groups in total. The van der Waals surface area contributed by atoms with Crippen LogP contribution in [0.4, 0.5) is 0 Å². The highest BCUT2D eigenvalue weighted by atomic mass is 35.5. The molecule has 1 aromatic heterocycles. The summed E-state index contributed by atoms with van der Waals surface area (Å²) >= 11 is 5.93. The number of rotatable bonds is 4. The highest BCUT2D eigenvalue weighted by Gasteiger charge is 2.29. The molecule has 1 aliphatic heterocycles. The third kappa shape index (κ3) is 4.23. The zero-order chi connectivity index (χ0) is 21.1. The van der Waals surface area contributed by atoms with Crippen LogP contribution in [0.5, 0.6) is 0 Å². The van der Waals surface area contributed by atoms with Crippen molar-refractivity contribution in [3.8, 4) is 0 Å². The summed E-state index contributed by atoms with van der Waals surface area (Å²) in [6, 6.07) is 15.9. The first-order chi connectivity index (χ1) is 14.4. The molecule has 2 aromatic carbocycles. The number of benzene rings is 2. The number of sulfonamides is 1. The maximum absolute atomic E-state index is 12.8. The fraction of sp³-hybridized carbons (Fsp3) is 0.182. The number of piperazine rings is 1. The molecule has 0 saturated carbocycles. The van der Waals surface area contributed by atoms with E-state index < -0.39 is 10.0 Å². The summed E-state index contributed by atoms with van der Waals surface area (Å²) in [7, 11) is -3.63. The Hall–Kier alpha value is -2.74. The SMILES string of the molecule is O=C(/C=C/c1cccc2cccnc12)N1CCN(S(=O)(=O)c2cccc(Cl)c2)CC1. The van der Waals surface area contributed by atoms with E-state index >= 15 is 0 Å². The molecule has 0 aliphatic carbocycles. The average molecular weight is 442 g/mol. The highest BCUT2D eigenvalue weighted by molar-refractivity contribution is 7.89. The Labute approximate surface area is 180 Å². The number of carbonyl (C=O) groups is 1. The quantitative estimate of drug-likeness (QED) is 0.581. The second-order valence-electron chi connectivity index (χ2n) is 6.94. The van der Waals surface area contributed by atoms with Crippen LogP contribution in [-0.4, -0.2) is 54.7 Å². The van der Waals surface area contributed by atoms with Gasteiger partial charge in [0.25, 0.3) is 0 Å². The third-order valence-electron chi connectivity index (χ3n) is 5.05. The predicted octanol–water partition coefficient (Wildman–Crippen LogP) is 3.43. The van der Waals surface area contributed by atoms with Gasteiger partial charge in [0.1, 0.15) is 0 Å². The summed E-state index contributed by atoms with van der Waals surface area (Å²) in [5.41, 5.74) is 1.70. The fourth-order valence-electron chi connectivity index (χ4n) is 3.45. The summed E-state index contributed by atoms with van der Waals surface area (Å²) in [6.45, 7) is 1.14. The lowest BCUT2D eigenvalue weighted by atomic mass is 10.1.